The van der Waals surface area contributed by atoms with Gasteiger partial charge in [0.15, 0.2) is 6.29 Å². The van der Waals surface area contributed by atoms with Crippen molar-refractivity contribution in [3.8, 4) is 0 Å². The quantitative estimate of drug-likeness (QED) is 0.687. The first-order valence-electron chi connectivity index (χ1n) is 6.53. The van der Waals surface area contributed by atoms with E-state index in [4.69, 9.17) is 11.6 Å². The minimum atomic E-state index is -3.88. The van der Waals surface area contributed by atoms with Crippen LogP contribution < -0.4 is 0 Å². The molecule has 0 bridgehead atoms. The number of hydrogen-bond donors (Lipinski definition) is 0. The van der Waals surface area contributed by atoms with Crippen molar-refractivity contribution >= 4 is 38.8 Å². The van der Waals surface area contributed by atoms with E-state index in [9.17, 15) is 13.2 Å². The largest absolute Gasteiger partial charge is 0.298 e. The Labute approximate surface area is 133 Å². The van der Waals surface area contributed by atoms with Gasteiger partial charge in [0.1, 0.15) is 5.15 Å². The van der Waals surface area contributed by atoms with E-state index in [1.807, 2.05) is 6.92 Å². The molecule has 0 unspecified atom stereocenters. The average molecular weight is 334 g/mol. The second kappa shape index (κ2) is 5.26. The van der Waals surface area contributed by atoms with E-state index >= 15 is 0 Å². The van der Waals surface area contributed by atoms with E-state index in [1.165, 1.54) is 12.1 Å². The molecule has 0 aliphatic rings. The van der Waals surface area contributed by atoms with Crippen LogP contribution in [-0.2, 0) is 10.0 Å². The Morgan fingerprint density at radius 3 is 2.32 bits per heavy atom. The highest BCUT2D eigenvalue weighted by atomic mass is 35.5. The number of aldehydes is 1. The number of aromatic nitrogens is 1. The lowest BCUT2D eigenvalue weighted by Crippen LogP contribution is -2.13. The minimum Gasteiger partial charge on any atom is -0.298 e. The first kappa shape index (κ1) is 14.8. The fraction of sp³-hybridized carbons (Fsp3) is 0.0625. The Hall–Kier alpha value is -2.11. The standard InChI is InChI=1S/C16H12ClNO3S/c1-11-6-8-12(9-7-11)22(20,21)18-15-5-3-2-4-13(15)14(10-19)16(18)17/h2-10H,1H3. The molecule has 0 radical (unpaired) electrons. The highest BCUT2D eigenvalue weighted by molar-refractivity contribution is 7.90. The van der Waals surface area contributed by atoms with Crippen LogP contribution in [0.4, 0.5) is 0 Å². The van der Waals surface area contributed by atoms with Crippen molar-refractivity contribution < 1.29 is 13.2 Å². The first-order valence-corrected chi connectivity index (χ1v) is 8.35. The summed E-state index contributed by atoms with van der Waals surface area (Å²) < 4.78 is 26.8. The molecule has 0 saturated heterocycles. The molecule has 1 aromatic heterocycles. The summed E-state index contributed by atoms with van der Waals surface area (Å²) in [5.74, 6) is 0. The number of halogens is 1. The third-order valence-electron chi connectivity index (χ3n) is 3.49. The van der Waals surface area contributed by atoms with Crippen molar-refractivity contribution in [1.29, 1.82) is 0 Å². The maximum atomic E-state index is 12.9. The molecular weight excluding hydrogens is 322 g/mol. The van der Waals surface area contributed by atoms with Crippen LogP contribution in [0, 0.1) is 6.92 Å². The summed E-state index contributed by atoms with van der Waals surface area (Å²) >= 11 is 6.17. The predicted octanol–water partition coefficient (Wildman–Crippen LogP) is 3.65. The van der Waals surface area contributed by atoms with Gasteiger partial charge in [0.05, 0.1) is 16.0 Å². The fourth-order valence-electron chi connectivity index (χ4n) is 2.37. The molecule has 0 amide bonds. The van der Waals surface area contributed by atoms with Crippen LogP contribution >= 0.6 is 11.6 Å². The molecule has 2 aromatic carbocycles. The molecule has 112 valence electrons. The second-order valence-corrected chi connectivity index (χ2v) is 7.07. The summed E-state index contributed by atoms with van der Waals surface area (Å²) in [5, 5.41) is 0.412. The molecule has 4 nitrogen and oxygen atoms in total. The van der Waals surface area contributed by atoms with E-state index < -0.39 is 10.0 Å². The highest BCUT2D eigenvalue weighted by Crippen LogP contribution is 2.32. The van der Waals surface area contributed by atoms with Crippen molar-refractivity contribution in [2.45, 2.75) is 11.8 Å². The molecule has 0 N–H and O–H groups in total. The van der Waals surface area contributed by atoms with Gasteiger partial charge in [0.25, 0.3) is 10.0 Å². The zero-order chi connectivity index (χ0) is 15.9. The summed E-state index contributed by atoms with van der Waals surface area (Å²) in [6.45, 7) is 1.87. The molecule has 0 aliphatic carbocycles. The van der Waals surface area contributed by atoms with E-state index in [0.29, 0.717) is 17.2 Å². The van der Waals surface area contributed by atoms with Gasteiger partial charge in [-0.25, -0.2) is 12.4 Å². The summed E-state index contributed by atoms with van der Waals surface area (Å²) in [6.07, 6.45) is 0.575. The molecule has 1 heterocycles. The lowest BCUT2D eigenvalue weighted by Gasteiger charge is -2.09. The fourth-order valence-corrected chi connectivity index (χ4v) is 4.30. The van der Waals surface area contributed by atoms with Gasteiger partial charge >= 0.3 is 0 Å². The van der Waals surface area contributed by atoms with Crippen LogP contribution in [0.1, 0.15) is 15.9 Å². The number of para-hydroxylation sites is 1. The number of fused-ring (bicyclic) bond motifs is 1. The van der Waals surface area contributed by atoms with Crippen molar-refractivity contribution in [2.24, 2.45) is 0 Å². The Balaban J connectivity index is 2.37. The Bertz CT molecular complexity index is 973. The number of aryl methyl sites for hydroxylation is 1. The van der Waals surface area contributed by atoms with E-state index in [1.54, 1.807) is 36.4 Å². The minimum absolute atomic E-state index is 0.100. The average Bonchev–Trinajstić information content (AvgIpc) is 2.79. The van der Waals surface area contributed by atoms with Crippen molar-refractivity contribution in [3.63, 3.8) is 0 Å². The molecule has 0 aliphatic heterocycles. The number of nitrogens with zero attached hydrogens (tertiary/aromatic N) is 1. The molecule has 6 heteroatoms. The van der Waals surface area contributed by atoms with Gasteiger partial charge in [-0.1, -0.05) is 47.5 Å². The Morgan fingerprint density at radius 2 is 1.68 bits per heavy atom. The lowest BCUT2D eigenvalue weighted by atomic mass is 10.2. The van der Waals surface area contributed by atoms with Gasteiger partial charge < -0.3 is 0 Å². The molecule has 0 saturated carbocycles. The summed E-state index contributed by atoms with van der Waals surface area (Å²) in [6, 6.07) is 13.2. The molecule has 22 heavy (non-hydrogen) atoms. The molecular formula is C16H12ClNO3S. The van der Waals surface area contributed by atoms with Gasteiger partial charge in [-0.05, 0) is 25.1 Å². The maximum Gasteiger partial charge on any atom is 0.269 e. The molecule has 0 fully saturated rings. The normalized spacial score (nSPS) is 11.7. The van der Waals surface area contributed by atoms with Crippen molar-refractivity contribution in [3.05, 3.63) is 64.8 Å². The highest BCUT2D eigenvalue weighted by Gasteiger charge is 2.25. The second-order valence-electron chi connectivity index (χ2n) is 4.92. The van der Waals surface area contributed by atoms with Crippen molar-refractivity contribution in [1.82, 2.24) is 3.97 Å². The number of benzene rings is 2. The topological polar surface area (TPSA) is 56.1 Å². The van der Waals surface area contributed by atoms with Gasteiger partial charge in [0.2, 0.25) is 0 Å². The summed E-state index contributed by atoms with van der Waals surface area (Å²) in [4.78, 5) is 11.4. The number of rotatable bonds is 3. The molecule has 0 atom stereocenters. The Morgan fingerprint density at radius 1 is 1.05 bits per heavy atom. The number of hydrogen-bond acceptors (Lipinski definition) is 3. The van der Waals surface area contributed by atoms with Crippen LogP contribution in [0.5, 0.6) is 0 Å². The lowest BCUT2D eigenvalue weighted by molar-refractivity contribution is 0.112. The van der Waals surface area contributed by atoms with Gasteiger partial charge in [-0.15, -0.1) is 0 Å². The van der Waals surface area contributed by atoms with Crippen LogP contribution in [0.2, 0.25) is 5.15 Å². The summed E-state index contributed by atoms with van der Waals surface area (Å²) in [5.41, 5.74) is 1.51. The first-order chi connectivity index (χ1) is 10.5. The van der Waals surface area contributed by atoms with E-state index in [2.05, 4.69) is 0 Å². The van der Waals surface area contributed by atoms with Crippen LogP contribution in [0.3, 0.4) is 0 Å². The van der Waals surface area contributed by atoms with Gasteiger partial charge in [0, 0.05) is 5.39 Å². The van der Waals surface area contributed by atoms with Gasteiger partial charge in [-0.3, -0.25) is 4.79 Å². The van der Waals surface area contributed by atoms with E-state index in [-0.39, 0.29) is 15.6 Å². The zero-order valence-corrected chi connectivity index (χ0v) is 13.2. The monoisotopic (exact) mass is 333 g/mol. The van der Waals surface area contributed by atoms with Crippen LogP contribution in [0.15, 0.2) is 53.4 Å². The molecule has 0 spiro atoms. The van der Waals surface area contributed by atoms with Crippen molar-refractivity contribution in [2.75, 3.05) is 0 Å². The van der Waals surface area contributed by atoms with Gasteiger partial charge in [-0.2, -0.15) is 0 Å². The summed E-state index contributed by atoms with van der Waals surface area (Å²) in [7, 11) is -3.88. The predicted molar refractivity (Wildman–Crippen MR) is 86.1 cm³/mol. The SMILES string of the molecule is Cc1ccc(S(=O)(=O)n2c(Cl)c(C=O)c3ccccc32)cc1. The molecule has 3 rings (SSSR count). The smallest absolute Gasteiger partial charge is 0.269 e. The third-order valence-corrected chi connectivity index (χ3v) is 5.69. The maximum absolute atomic E-state index is 12.9. The number of carbonyl (C=O) groups excluding carboxylic acids is 1. The Kier molecular flexibility index (Phi) is 3.54. The number of carbonyl (C=O) groups is 1. The third kappa shape index (κ3) is 2.14. The van der Waals surface area contributed by atoms with Crippen LogP contribution in [-0.4, -0.2) is 18.7 Å². The van der Waals surface area contributed by atoms with Crippen LogP contribution in [0.25, 0.3) is 10.9 Å². The molecule has 3 aromatic rings. The van der Waals surface area contributed by atoms with E-state index in [0.717, 1.165) is 9.54 Å². The zero-order valence-electron chi connectivity index (χ0n) is 11.7.